The van der Waals surface area contributed by atoms with Crippen molar-refractivity contribution in [1.29, 1.82) is 0 Å². The van der Waals surface area contributed by atoms with E-state index >= 15 is 0 Å². The molecule has 44 heavy (non-hydrogen) atoms. The van der Waals surface area contributed by atoms with Crippen LogP contribution in [0.15, 0.2) is 78.9 Å². The first-order valence-corrected chi connectivity index (χ1v) is 14.9. The van der Waals surface area contributed by atoms with Crippen LogP contribution in [-0.4, -0.2) is 57.3 Å². The molecule has 2 aromatic heterocycles. The van der Waals surface area contributed by atoms with E-state index in [0.29, 0.717) is 23.1 Å². The molecule has 2 N–H and O–H groups in total. The lowest BCUT2D eigenvalue weighted by atomic mass is 9.91. The molecule has 0 radical (unpaired) electrons. The maximum Gasteiger partial charge on any atom is 0.254 e. The third-order valence-electron chi connectivity index (χ3n) is 10.1. The number of rotatable bonds is 3. The van der Waals surface area contributed by atoms with Crippen LogP contribution >= 0.6 is 0 Å². The van der Waals surface area contributed by atoms with Crippen molar-refractivity contribution in [3.8, 4) is 0 Å². The van der Waals surface area contributed by atoms with Gasteiger partial charge in [0.25, 0.3) is 11.8 Å². The van der Waals surface area contributed by atoms with E-state index in [2.05, 4.69) is 14.5 Å². The van der Waals surface area contributed by atoms with Crippen LogP contribution in [0.4, 0.5) is 0 Å². The molecule has 2 amide bonds. The molecular weight excluding hydrogens is 562 g/mol. The lowest BCUT2D eigenvalue weighted by Crippen LogP contribution is -2.61. The Kier molecular flexibility index (Phi) is 5.09. The molecule has 3 aliphatic rings. The minimum Gasteiger partial charge on any atom is -0.374 e. The van der Waals surface area contributed by atoms with E-state index in [9.17, 15) is 14.7 Å². The molecule has 1 unspecified atom stereocenters. The van der Waals surface area contributed by atoms with Crippen molar-refractivity contribution >= 4 is 55.4 Å². The number of aromatic nitrogens is 2. The van der Waals surface area contributed by atoms with Crippen molar-refractivity contribution in [2.75, 3.05) is 14.2 Å². The second kappa shape index (κ2) is 8.69. The minimum atomic E-state index is -1.15. The highest BCUT2D eigenvalue weighted by molar-refractivity contribution is 6.31. The molecule has 220 valence electrons. The first-order chi connectivity index (χ1) is 21.3. The van der Waals surface area contributed by atoms with Crippen molar-refractivity contribution in [2.45, 2.75) is 43.7 Å². The first-order valence-electron chi connectivity index (χ1n) is 14.9. The Morgan fingerprint density at radius 3 is 2.36 bits per heavy atom. The molecule has 1 saturated heterocycles. The van der Waals surface area contributed by atoms with Crippen LogP contribution in [0.2, 0.25) is 0 Å². The standard InChI is InChI=1S/C35H30N4O5/c1-35-31(43-3)23(37(2)34(42)18-11-5-4-6-12-18)17-24(44-35)38-21-15-9-7-13-19(21)25-27-28(33(41)36-32(27)40)26-20-14-8-10-16-22(20)39(35)30(26)29(25)38/h4-16,23-24,31,33,41H,17H2,1-3H3,(H,36,40)/t23-,24-,31-,33?,35+/m1/s1/i4+1,5+1,6+1,11+1,12+1,18+1. The summed E-state index contributed by atoms with van der Waals surface area (Å²) in [6.45, 7) is 2.03. The van der Waals surface area contributed by atoms with Crippen LogP contribution < -0.4 is 5.32 Å². The summed E-state index contributed by atoms with van der Waals surface area (Å²) in [5.74, 6) is -0.393. The molecule has 2 bridgehead atoms. The van der Waals surface area contributed by atoms with Gasteiger partial charge >= 0.3 is 0 Å². The van der Waals surface area contributed by atoms with Crippen molar-refractivity contribution in [3.05, 3.63) is 95.6 Å². The SMILES string of the molecule is CO[C@@H]1[C@H](N(C)C(=O)[13c]2[13cH][13cH][13cH][13cH][13cH]2)C[C@H]2O[C@]1(C)n1c3ccccc3c3c4c(c5c6ccccc6n2c5c31)C(=O)NC4O. The van der Waals surface area contributed by atoms with Gasteiger partial charge in [0, 0.05) is 53.3 Å². The van der Waals surface area contributed by atoms with Crippen LogP contribution in [-0.2, 0) is 15.2 Å². The third kappa shape index (κ3) is 2.99. The van der Waals surface area contributed by atoms with Gasteiger partial charge in [-0.15, -0.1) is 0 Å². The van der Waals surface area contributed by atoms with Gasteiger partial charge in [0.2, 0.25) is 0 Å². The van der Waals surface area contributed by atoms with E-state index in [1.165, 1.54) is 0 Å². The van der Waals surface area contributed by atoms with Crippen LogP contribution in [0.3, 0.4) is 0 Å². The van der Waals surface area contributed by atoms with Gasteiger partial charge in [0.15, 0.2) is 12.0 Å². The van der Waals surface area contributed by atoms with E-state index in [1.807, 2.05) is 92.8 Å². The number of aliphatic hydroxyl groups excluding tert-OH is 1. The van der Waals surface area contributed by atoms with Crippen molar-refractivity contribution in [3.63, 3.8) is 0 Å². The molecule has 4 aromatic carbocycles. The Balaban J connectivity index is 1.44. The maximum atomic E-state index is 13.9. The Morgan fingerprint density at radius 2 is 1.64 bits per heavy atom. The zero-order valence-electron chi connectivity index (χ0n) is 24.4. The number of amides is 2. The normalized spacial score (nSPS) is 25.6. The lowest BCUT2D eigenvalue weighted by molar-refractivity contribution is -0.264. The number of ether oxygens (including phenoxy) is 2. The van der Waals surface area contributed by atoms with Gasteiger partial charge in [-0.1, -0.05) is 54.6 Å². The second-order valence-electron chi connectivity index (χ2n) is 12.2. The van der Waals surface area contributed by atoms with Gasteiger partial charge in [-0.25, -0.2) is 0 Å². The molecule has 3 aliphatic heterocycles. The number of hydrogen-bond acceptors (Lipinski definition) is 5. The molecule has 5 heterocycles. The number of carbonyl (C=O) groups excluding carboxylic acids is 2. The fourth-order valence-electron chi connectivity index (χ4n) is 8.37. The Bertz CT molecular complexity index is 2220. The van der Waals surface area contributed by atoms with E-state index in [0.717, 1.165) is 43.6 Å². The molecule has 0 spiro atoms. The summed E-state index contributed by atoms with van der Waals surface area (Å²) in [5.41, 5.74) is 4.17. The highest BCUT2D eigenvalue weighted by Gasteiger charge is 2.55. The van der Waals surface area contributed by atoms with Crippen molar-refractivity contribution < 1.29 is 24.2 Å². The highest BCUT2D eigenvalue weighted by atomic mass is 16.6. The number of para-hydroxylation sites is 2. The minimum absolute atomic E-state index is 0.0961. The first kappa shape index (κ1) is 25.8. The Labute approximate surface area is 252 Å². The number of methoxy groups -OCH3 is 1. The van der Waals surface area contributed by atoms with Gasteiger partial charge in [-0.2, -0.15) is 0 Å². The number of nitrogens with zero attached hydrogens (tertiary/aromatic N) is 3. The Morgan fingerprint density at radius 1 is 0.977 bits per heavy atom. The van der Waals surface area contributed by atoms with Gasteiger partial charge < -0.3 is 33.9 Å². The highest BCUT2D eigenvalue weighted by Crippen LogP contribution is 2.55. The van der Waals surface area contributed by atoms with E-state index in [-0.39, 0.29) is 17.9 Å². The number of nitrogens with one attached hydrogen (secondary N) is 1. The lowest BCUT2D eigenvalue weighted by Gasteiger charge is -2.50. The number of carbonyl (C=O) groups is 2. The summed E-state index contributed by atoms with van der Waals surface area (Å²) < 4.78 is 17.9. The fourth-order valence-corrected chi connectivity index (χ4v) is 8.37. The molecule has 9 rings (SSSR count). The number of benzene rings is 4. The summed E-state index contributed by atoms with van der Waals surface area (Å²) in [4.78, 5) is 29.3. The predicted molar refractivity (Wildman–Crippen MR) is 166 cm³/mol. The molecule has 6 aromatic rings. The smallest absolute Gasteiger partial charge is 0.254 e. The van der Waals surface area contributed by atoms with E-state index in [1.54, 1.807) is 12.0 Å². The second-order valence-corrected chi connectivity index (χ2v) is 12.2. The van der Waals surface area contributed by atoms with Gasteiger partial charge in [0.1, 0.15) is 12.3 Å². The summed E-state index contributed by atoms with van der Waals surface area (Å²) in [6, 6.07) is 25.0. The zero-order chi connectivity index (χ0) is 30.1. The molecule has 9 heteroatoms. The van der Waals surface area contributed by atoms with Gasteiger partial charge in [-0.05, 0) is 31.2 Å². The summed E-state index contributed by atoms with van der Waals surface area (Å²) in [5, 5.41) is 17.5. The van der Waals surface area contributed by atoms with Crippen molar-refractivity contribution in [2.24, 2.45) is 0 Å². The summed E-state index contributed by atoms with van der Waals surface area (Å²) >= 11 is 0. The average molecular weight is 593 g/mol. The number of aliphatic hydroxyl groups is 1. The predicted octanol–water partition coefficient (Wildman–Crippen LogP) is 5.40. The molecule has 9 nitrogen and oxygen atoms in total. The quantitative estimate of drug-likeness (QED) is 0.287. The molecule has 1 fully saturated rings. The number of hydrogen-bond donors (Lipinski definition) is 2. The number of fused-ring (bicyclic) bond motifs is 13. The molecular formula is C35H30N4O5. The van der Waals surface area contributed by atoms with Crippen LogP contribution in [0.25, 0.3) is 43.6 Å². The monoisotopic (exact) mass is 592 g/mol. The average Bonchev–Trinajstić information content (AvgIpc) is 3.65. The fraction of sp³-hybridized carbons (Fsp3) is 0.257. The van der Waals surface area contributed by atoms with Gasteiger partial charge in [0.05, 0.1) is 33.7 Å². The number of likely N-dealkylation sites (N-methyl/N-ethyl adjacent to an activating group) is 1. The summed E-state index contributed by atoms with van der Waals surface area (Å²) in [7, 11) is 3.50. The third-order valence-corrected chi connectivity index (χ3v) is 10.1. The maximum absolute atomic E-state index is 13.9. The Hall–Kier alpha value is -4.70. The molecule has 0 aliphatic carbocycles. The van der Waals surface area contributed by atoms with Crippen molar-refractivity contribution in [1.82, 2.24) is 19.4 Å². The van der Waals surface area contributed by atoms with E-state index in [4.69, 9.17) is 9.47 Å². The largest absolute Gasteiger partial charge is 0.374 e. The van der Waals surface area contributed by atoms with Crippen LogP contribution in [0.1, 0.15) is 52.1 Å². The molecule has 0 saturated carbocycles. The molecule has 5 atom stereocenters. The zero-order valence-corrected chi connectivity index (χ0v) is 24.4. The summed E-state index contributed by atoms with van der Waals surface area (Å²) in [6.07, 6.45) is -1.73. The van der Waals surface area contributed by atoms with Crippen LogP contribution in [0, 0.1) is 0 Å². The topological polar surface area (TPSA) is 98.0 Å². The van der Waals surface area contributed by atoms with E-state index < -0.39 is 24.3 Å². The van der Waals surface area contributed by atoms with Gasteiger partial charge in [-0.3, -0.25) is 9.59 Å². The van der Waals surface area contributed by atoms with Crippen LogP contribution in [0.5, 0.6) is 0 Å².